The van der Waals surface area contributed by atoms with E-state index < -0.39 is 0 Å². The van der Waals surface area contributed by atoms with Gasteiger partial charge in [-0.25, -0.2) is 0 Å². The van der Waals surface area contributed by atoms with Gasteiger partial charge in [-0.05, 0) is 47.7 Å². The number of carbonyl (C=O) groups excluding carboxylic acids is 1. The quantitative estimate of drug-likeness (QED) is 0.662. The first kappa shape index (κ1) is 14.7. The van der Waals surface area contributed by atoms with Crippen LogP contribution in [-0.4, -0.2) is 11.1 Å². The number of hydrazone groups is 1. The van der Waals surface area contributed by atoms with Gasteiger partial charge in [0.1, 0.15) is 0 Å². The molecule has 3 rings (SSSR count). The Bertz CT molecular complexity index is 742. The normalized spacial score (nSPS) is 17.8. The maximum absolute atomic E-state index is 11.9. The molecule has 0 aromatic heterocycles. The van der Waals surface area contributed by atoms with Gasteiger partial charge in [0.25, 0.3) is 5.91 Å². The van der Waals surface area contributed by atoms with Crippen molar-refractivity contribution in [2.75, 3.05) is 5.43 Å². The topological polar surface area (TPSA) is 53.5 Å². The highest BCUT2D eigenvalue weighted by atomic mass is 35.5. The van der Waals surface area contributed by atoms with Crippen molar-refractivity contribution in [3.05, 3.63) is 70.1 Å². The van der Waals surface area contributed by atoms with Crippen LogP contribution in [0.5, 0.6) is 0 Å². The lowest BCUT2D eigenvalue weighted by Gasteiger charge is -1.99. The second-order valence-corrected chi connectivity index (χ2v) is 5.98. The average molecular weight is 330 g/mol. The van der Waals surface area contributed by atoms with Gasteiger partial charge in [0, 0.05) is 5.02 Å². The zero-order chi connectivity index (χ0) is 15.4. The predicted octanol–water partition coefficient (Wildman–Crippen LogP) is 3.93. The van der Waals surface area contributed by atoms with Crippen LogP contribution >= 0.6 is 23.4 Å². The first-order valence-corrected chi connectivity index (χ1v) is 7.75. The molecule has 2 N–H and O–H groups in total. The zero-order valence-corrected chi connectivity index (χ0v) is 13.0. The Balaban J connectivity index is 1.71. The Hall–Kier alpha value is -2.24. The molecule has 2 aromatic rings. The monoisotopic (exact) mass is 329 g/mol. The summed E-state index contributed by atoms with van der Waals surface area (Å²) in [5.41, 5.74) is 4.68. The van der Waals surface area contributed by atoms with E-state index in [1.165, 1.54) is 11.8 Å². The molecule has 4 nitrogen and oxygen atoms in total. The van der Waals surface area contributed by atoms with E-state index in [1.54, 1.807) is 18.2 Å². The highest BCUT2D eigenvalue weighted by molar-refractivity contribution is 8.18. The summed E-state index contributed by atoms with van der Waals surface area (Å²) in [5, 5.41) is 8.10. The minimum Gasteiger partial charge on any atom is -0.299 e. The molecular weight excluding hydrogens is 318 g/mol. The van der Waals surface area contributed by atoms with Gasteiger partial charge in [0.2, 0.25) is 0 Å². The van der Waals surface area contributed by atoms with Crippen molar-refractivity contribution in [2.24, 2.45) is 5.10 Å². The number of amidine groups is 1. The van der Waals surface area contributed by atoms with Gasteiger partial charge < -0.3 is 0 Å². The number of carbonyl (C=O) groups is 1. The molecule has 110 valence electrons. The number of thioether (sulfide) groups is 1. The third-order valence-electron chi connectivity index (χ3n) is 2.88. The van der Waals surface area contributed by atoms with Crippen molar-refractivity contribution in [1.29, 1.82) is 0 Å². The SMILES string of the molecule is O=C1N/C(=N/Nc2ccccc2)S/C1=C\c1ccc(Cl)cc1. The highest BCUT2D eigenvalue weighted by Gasteiger charge is 2.23. The van der Waals surface area contributed by atoms with E-state index in [0.717, 1.165) is 11.3 Å². The van der Waals surface area contributed by atoms with E-state index in [9.17, 15) is 4.79 Å². The largest absolute Gasteiger partial charge is 0.299 e. The van der Waals surface area contributed by atoms with Gasteiger partial charge >= 0.3 is 0 Å². The van der Waals surface area contributed by atoms with Crippen LogP contribution in [0.25, 0.3) is 6.08 Å². The lowest BCUT2D eigenvalue weighted by atomic mass is 10.2. The van der Waals surface area contributed by atoms with Gasteiger partial charge in [-0.15, -0.1) is 5.10 Å². The van der Waals surface area contributed by atoms with Crippen LogP contribution in [0.2, 0.25) is 5.02 Å². The molecule has 0 spiro atoms. The summed E-state index contributed by atoms with van der Waals surface area (Å²) in [6, 6.07) is 16.8. The molecule has 22 heavy (non-hydrogen) atoms. The molecule has 1 aliphatic rings. The molecular formula is C16H12ClN3OS. The van der Waals surface area contributed by atoms with E-state index in [1.807, 2.05) is 42.5 Å². The number of hydrogen-bond donors (Lipinski definition) is 2. The first-order chi connectivity index (χ1) is 10.7. The maximum Gasteiger partial charge on any atom is 0.264 e. The summed E-state index contributed by atoms with van der Waals surface area (Å²) < 4.78 is 0. The molecule has 1 amide bonds. The smallest absolute Gasteiger partial charge is 0.264 e. The minimum atomic E-state index is -0.159. The third-order valence-corrected chi connectivity index (χ3v) is 4.04. The van der Waals surface area contributed by atoms with Crippen LogP contribution in [0.15, 0.2) is 64.6 Å². The van der Waals surface area contributed by atoms with Crippen molar-refractivity contribution in [1.82, 2.24) is 5.32 Å². The number of amides is 1. The lowest BCUT2D eigenvalue weighted by molar-refractivity contribution is -0.115. The third kappa shape index (κ3) is 3.69. The van der Waals surface area contributed by atoms with Crippen LogP contribution in [0, 0.1) is 0 Å². The number of hydrogen-bond acceptors (Lipinski definition) is 4. The van der Waals surface area contributed by atoms with Crippen LogP contribution in [-0.2, 0) is 4.79 Å². The Morgan fingerprint density at radius 1 is 1.09 bits per heavy atom. The molecule has 0 unspecified atom stereocenters. The van der Waals surface area contributed by atoms with Gasteiger partial charge in [0.05, 0.1) is 10.6 Å². The molecule has 1 aliphatic heterocycles. The zero-order valence-electron chi connectivity index (χ0n) is 11.4. The van der Waals surface area contributed by atoms with Crippen molar-refractivity contribution in [2.45, 2.75) is 0 Å². The van der Waals surface area contributed by atoms with Gasteiger partial charge in [-0.1, -0.05) is 41.9 Å². The molecule has 0 bridgehead atoms. The number of para-hydroxylation sites is 1. The van der Waals surface area contributed by atoms with Crippen molar-refractivity contribution in [3.8, 4) is 0 Å². The summed E-state index contributed by atoms with van der Waals surface area (Å²) >= 11 is 7.14. The number of nitrogens with zero attached hydrogens (tertiary/aromatic N) is 1. The fourth-order valence-electron chi connectivity index (χ4n) is 1.82. The van der Waals surface area contributed by atoms with Gasteiger partial charge in [-0.3, -0.25) is 15.5 Å². The van der Waals surface area contributed by atoms with Gasteiger partial charge in [-0.2, -0.15) is 0 Å². The maximum atomic E-state index is 11.9. The number of anilines is 1. The average Bonchev–Trinajstić information content (AvgIpc) is 2.89. The van der Waals surface area contributed by atoms with Crippen LogP contribution in [0.4, 0.5) is 5.69 Å². The summed E-state index contributed by atoms with van der Waals surface area (Å²) in [5.74, 6) is -0.159. The van der Waals surface area contributed by atoms with Crippen molar-refractivity contribution in [3.63, 3.8) is 0 Å². The molecule has 1 saturated heterocycles. The van der Waals surface area contributed by atoms with Crippen LogP contribution in [0.1, 0.15) is 5.56 Å². The fraction of sp³-hybridized carbons (Fsp3) is 0. The summed E-state index contributed by atoms with van der Waals surface area (Å²) in [6.07, 6.45) is 1.81. The lowest BCUT2D eigenvalue weighted by Crippen LogP contribution is -2.20. The molecule has 1 heterocycles. The van der Waals surface area contributed by atoms with Crippen molar-refractivity contribution < 1.29 is 4.79 Å². The molecule has 1 fully saturated rings. The molecule has 0 saturated carbocycles. The summed E-state index contributed by atoms with van der Waals surface area (Å²) in [7, 11) is 0. The number of benzene rings is 2. The van der Waals surface area contributed by atoms with E-state index in [2.05, 4.69) is 15.8 Å². The molecule has 2 aromatic carbocycles. The Morgan fingerprint density at radius 2 is 1.82 bits per heavy atom. The number of rotatable bonds is 3. The standard InChI is InChI=1S/C16H12ClN3OS/c17-12-8-6-11(7-9-12)10-14-15(21)18-16(22-14)20-19-13-4-2-1-3-5-13/h1-10,19H,(H,18,20,21)/b14-10-. The summed E-state index contributed by atoms with van der Waals surface area (Å²) in [6.45, 7) is 0. The van der Waals surface area contributed by atoms with Crippen molar-refractivity contribution >= 4 is 46.2 Å². The van der Waals surface area contributed by atoms with Crippen LogP contribution in [0.3, 0.4) is 0 Å². The van der Waals surface area contributed by atoms with Gasteiger partial charge in [0.15, 0.2) is 5.17 Å². The van der Waals surface area contributed by atoms with Crippen LogP contribution < -0.4 is 10.7 Å². The molecule has 0 atom stereocenters. The van der Waals surface area contributed by atoms with E-state index in [4.69, 9.17) is 11.6 Å². The van der Waals surface area contributed by atoms with E-state index in [0.29, 0.717) is 15.1 Å². The second-order valence-electron chi connectivity index (χ2n) is 4.51. The van der Waals surface area contributed by atoms with E-state index in [-0.39, 0.29) is 5.91 Å². The first-order valence-electron chi connectivity index (χ1n) is 6.56. The highest BCUT2D eigenvalue weighted by Crippen LogP contribution is 2.26. The predicted molar refractivity (Wildman–Crippen MR) is 92.7 cm³/mol. The molecule has 0 radical (unpaired) electrons. The number of nitrogens with one attached hydrogen (secondary N) is 2. The fourth-order valence-corrected chi connectivity index (χ4v) is 2.73. The summed E-state index contributed by atoms with van der Waals surface area (Å²) in [4.78, 5) is 12.5. The Labute approximate surface area is 137 Å². The minimum absolute atomic E-state index is 0.159. The number of halogens is 1. The molecule has 0 aliphatic carbocycles. The van der Waals surface area contributed by atoms with E-state index >= 15 is 0 Å². The Kier molecular flexibility index (Phi) is 4.46. The second kappa shape index (κ2) is 6.68. The Morgan fingerprint density at radius 3 is 2.55 bits per heavy atom. The molecule has 6 heteroatoms.